The second-order valence-electron chi connectivity index (χ2n) is 4.52. The van der Waals surface area contributed by atoms with Gasteiger partial charge in [-0.1, -0.05) is 11.6 Å². The third-order valence-corrected chi connectivity index (χ3v) is 3.69. The van der Waals surface area contributed by atoms with Crippen LogP contribution in [0.25, 0.3) is 0 Å². The summed E-state index contributed by atoms with van der Waals surface area (Å²) in [6.45, 7) is 4.61. The molecule has 88 valence electrons. The first-order valence-corrected chi connectivity index (χ1v) is 5.64. The number of aryl methyl sites for hydroxylation is 1. The number of halogens is 2. The van der Waals surface area contributed by atoms with Crippen LogP contribution >= 0.6 is 11.6 Å². The molecule has 1 heterocycles. The molecule has 0 spiro atoms. The van der Waals surface area contributed by atoms with Gasteiger partial charge in [0, 0.05) is 11.1 Å². The first-order valence-electron chi connectivity index (χ1n) is 5.27. The Bertz CT molecular complexity index is 416. The van der Waals surface area contributed by atoms with Crippen LogP contribution in [0, 0.1) is 12.7 Å². The molecule has 1 saturated heterocycles. The smallest absolute Gasteiger partial charge is 0.126 e. The standard InChI is InChI=1S/C12H15ClFNO/c1-7-3-10(13)9(4-11(7)14)12(8(2)15)5-16-6-12/h3-4,8H,5-6,15H2,1-2H3. The predicted octanol–water partition coefficient (Wildman–Crippen LogP) is 2.40. The third-order valence-electron chi connectivity index (χ3n) is 3.38. The second-order valence-corrected chi connectivity index (χ2v) is 4.93. The molecule has 1 aromatic rings. The predicted molar refractivity (Wildman–Crippen MR) is 62.3 cm³/mol. The minimum absolute atomic E-state index is 0.110. The monoisotopic (exact) mass is 243 g/mol. The van der Waals surface area contributed by atoms with Crippen LogP contribution in [0.15, 0.2) is 12.1 Å². The minimum Gasteiger partial charge on any atom is -0.379 e. The zero-order valence-corrected chi connectivity index (χ0v) is 10.1. The lowest BCUT2D eigenvalue weighted by atomic mass is 9.73. The van der Waals surface area contributed by atoms with Gasteiger partial charge in [0.15, 0.2) is 0 Å². The molecule has 2 rings (SSSR count). The van der Waals surface area contributed by atoms with E-state index in [1.165, 1.54) is 6.07 Å². The molecular formula is C12H15ClFNO. The largest absolute Gasteiger partial charge is 0.379 e. The van der Waals surface area contributed by atoms with Gasteiger partial charge in [0.05, 0.1) is 18.6 Å². The molecule has 0 radical (unpaired) electrons. The van der Waals surface area contributed by atoms with Crippen LogP contribution in [-0.4, -0.2) is 19.3 Å². The van der Waals surface area contributed by atoms with Gasteiger partial charge in [-0.05, 0) is 37.1 Å². The third kappa shape index (κ3) is 1.63. The lowest BCUT2D eigenvalue weighted by molar-refractivity contribution is -0.0702. The highest BCUT2D eigenvalue weighted by Gasteiger charge is 2.45. The first-order chi connectivity index (χ1) is 7.47. The number of nitrogens with two attached hydrogens (primary N) is 1. The summed E-state index contributed by atoms with van der Waals surface area (Å²) in [6.07, 6.45) is 0. The Kier molecular flexibility index (Phi) is 2.95. The fourth-order valence-electron chi connectivity index (χ4n) is 2.01. The Labute approximate surface area is 99.5 Å². The summed E-state index contributed by atoms with van der Waals surface area (Å²) >= 11 is 6.16. The molecule has 2 nitrogen and oxygen atoms in total. The lowest BCUT2D eigenvalue weighted by Crippen LogP contribution is -2.57. The molecule has 1 aliphatic heterocycles. The van der Waals surface area contributed by atoms with Crippen molar-refractivity contribution in [3.05, 3.63) is 34.1 Å². The molecule has 0 aliphatic carbocycles. The highest BCUT2D eigenvalue weighted by molar-refractivity contribution is 6.31. The van der Waals surface area contributed by atoms with E-state index in [1.807, 2.05) is 6.92 Å². The molecule has 1 aliphatic rings. The van der Waals surface area contributed by atoms with Gasteiger partial charge in [-0.3, -0.25) is 0 Å². The molecule has 2 N–H and O–H groups in total. The fraction of sp³-hybridized carbons (Fsp3) is 0.500. The van der Waals surface area contributed by atoms with E-state index in [0.29, 0.717) is 23.8 Å². The van der Waals surface area contributed by atoms with Gasteiger partial charge in [0.2, 0.25) is 0 Å². The highest BCUT2D eigenvalue weighted by Crippen LogP contribution is 2.39. The Morgan fingerprint density at radius 2 is 2.12 bits per heavy atom. The summed E-state index contributed by atoms with van der Waals surface area (Å²) in [5.41, 5.74) is 6.95. The van der Waals surface area contributed by atoms with Crippen LogP contribution in [0.1, 0.15) is 18.1 Å². The summed E-state index contributed by atoms with van der Waals surface area (Å²) in [5.74, 6) is -0.244. The van der Waals surface area contributed by atoms with Crippen molar-refractivity contribution in [2.45, 2.75) is 25.3 Å². The number of rotatable bonds is 2. The van der Waals surface area contributed by atoms with E-state index in [1.54, 1.807) is 13.0 Å². The molecule has 4 heteroatoms. The Balaban J connectivity index is 2.51. The maximum atomic E-state index is 13.6. The van der Waals surface area contributed by atoms with E-state index in [-0.39, 0.29) is 17.3 Å². The quantitative estimate of drug-likeness (QED) is 0.866. The zero-order valence-electron chi connectivity index (χ0n) is 9.39. The molecule has 1 fully saturated rings. The van der Waals surface area contributed by atoms with Crippen LogP contribution < -0.4 is 5.73 Å². The zero-order chi connectivity index (χ0) is 11.9. The van der Waals surface area contributed by atoms with Gasteiger partial charge in [0.1, 0.15) is 5.82 Å². The Morgan fingerprint density at radius 1 is 1.50 bits per heavy atom. The van der Waals surface area contributed by atoms with E-state index in [4.69, 9.17) is 22.1 Å². The van der Waals surface area contributed by atoms with E-state index < -0.39 is 0 Å². The van der Waals surface area contributed by atoms with Gasteiger partial charge in [-0.15, -0.1) is 0 Å². The van der Waals surface area contributed by atoms with Gasteiger partial charge < -0.3 is 10.5 Å². The summed E-state index contributed by atoms with van der Waals surface area (Å²) < 4.78 is 18.8. The van der Waals surface area contributed by atoms with Crippen LogP contribution in [-0.2, 0) is 10.2 Å². The van der Waals surface area contributed by atoms with Crippen molar-refractivity contribution in [3.63, 3.8) is 0 Å². The van der Waals surface area contributed by atoms with Crippen LogP contribution in [0.4, 0.5) is 4.39 Å². The lowest BCUT2D eigenvalue weighted by Gasteiger charge is -2.45. The normalized spacial score (nSPS) is 20.3. The first kappa shape index (κ1) is 11.8. The van der Waals surface area contributed by atoms with Crippen molar-refractivity contribution in [2.24, 2.45) is 5.73 Å². The van der Waals surface area contributed by atoms with Crippen molar-refractivity contribution >= 4 is 11.6 Å². The van der Waals surface area contributed by atoms with Crippen molar-refractivity contribution < 1.29 is 9.13 Å². The molecule has 1 unspecified atom stereocenters. The van der Waals surface area contributed by atoms with Crippen LogP contribution in [0.2, 0.25) is 5.02 Å². The summed E-state index contributed by atoms with van der Waals surface area (Å²) in [6, 6.07) is 3.03. The molecule has 0 saturated carbocycles. The van der Waals surface area contributed by atoms with E-state index in [2.05, 4.69) is 0 Å². The molecular weight excluding hydrogens is 229 g/mol. The number of ether oxygens (including phenoxy) is 1. The van der Waals surface area contributed by atoms with Crippen molar-refractivity contribution in [1.82, 2.24) is 0 Å². The Hall–Kier alpha value is -0.640. The topological polar surface area (TPSA) is 35.2 Å². The number of hydrogen-bond donors (Lipinski definition) is 1. The van der Waals surface area contributed by atoms with Gasteiger partial charge >= 0.3 is 0 Å². The molecule has 0 bridgehead atoms. The van der Waals surface area contributed by atoms with E-state index in [9.17, 15) is 4.39 Å². The Morgan fingerprint density at radius 3 is 2.56 bits per heavy atom. The summed E-state index contributed by atoms with van der Waals surface area (Å²) in [4.78, 5) is 0. The van der Waals surface area contributed by atoms with Gasteiger partial charge in [0.25, 0.3) is 0 Å². The average Bonchev–Trinajstić information content (AvgIpc) is 2.11. The minimum atomic E-state index is -0.328. The van der Waals surface area contributed by atoms with Crippen molar-refractivity contribution in [1.29, 1.82) is 0 Å². The fourth-order valence-corrected chi connectivity index (χ4v) is 2.42. The van der Waals surface area contributed by atoms with Crippen LogP contribution in [0.5, 0.6) is 0 Å². The summed E-state index contributed by atoms with van der Waals surface area (Å²) in [7, 11) is 0. The van der Waals surface area contributed by atoms with E-state index in [0.717, 1.165) is 5.56 Å². The van der Waals surface area contributed by atoms with Crippen LogP contribution in [0.3, 0.4) is 0 Å². The SMILES string of the molecule is Cc1cc(Cl)c(C2(C(C)N)COC2)cc1F. The molecule has 16 heavy (non-hydrogen) atoms. The molecule has 0 aromatic heterocycles. The van der Waals surface area contributed by atoms with E-state index >= 15 is 0 Å². The molecule has 0 amide bonds. The molecule has 1 atom stereocenters. The second kappa shape index (κ2) is 3.99. The van der Waals surface area contributed by atoms with Crippen molar-refractivity contribution in [3.8, 4) is 0 Å². The highest BCUT2D eigenvalue weighted by atomic mass is 35.5. The molecule has 1 aromatic carbocycles. The maximum Gasteiger partial charge on any atom is 0.126 e. The van der Waals surface area contributed by atoms with Gasteiger partial charge in [-0.2, -0.15) is 0 Å². The maximum absolute atomic E-state index is 13.6. The summed E-state index contributed by atoms with van der Waals surface area (Å²) in [5, 5.41) is 0.569. The van der Waals surface area contributed by atoms with Crippen molar-refractivity contribution in [2.75, 3.05) is 13.2 Å². The number of benzene rings is 1. The van der Waals surface area contributed by atoms with Gasteiger partial charge in [-0.25, -0.2) is 4.39 Å². The average molecular weight is 244 g/mol. The number of hydrogen-bond acceptors (Lipinski definition) is 2.